The second kappa shape index (κ2) is 4.92. The average molecular weight is 276 g/mol. The molecule has 0 saturated heterocycles. The standard InChI is InChI=1S/C13H14BFN2O3/c15-12-4-1-9(7-11(12)14(19)20)8-16-5-6-17(13(16)18)10-2-3-10/h1,4-7,10,19-20H,2-3,8H2. The fourth-order valence-corrected chi connectivity index (χ4v) is 2.27. The van der Waals surface area contributed by atoms with Crippen molar-refractivity contribution in [3.63, 3.8) is 0 Å². The van der Waals surface area contributed by atoms with E-state index in [2.05, 4.69) is 0 Å². The van der Waals surface area contributed by atoms with E-state index in [4.69, 9.17) is 10.0 Å². The van der Waals surface area contributed by atoms with Crippen molar-refractivity contribution >= 4 is 12.6 Å². The minimum Gasteiger partial charge on any atom is -0.423 e. The summed E-state index contributed by atoms with van der Waals surface area (Å²) in [5, 5.41) is 18.2. The number of hydrogen-bond acceptors (Lipinski definition) is 3. The molecular weight excluding hydrogens is 262 g/mol. The molecule has 1 aliphatic rings. The van der Waals surface area contributed by atoms with E-state index in [0.29, 0.717) is 11.6 Å². The van der Waals surface area contributed by atoms with E-state index in [1.165, 1.54) is 22.8 Å². The highest BCUT2D eigenvalue weighted by Gasteiger charge is 2.25. The van der Waals surface area contributed by atoms with Crippen LogP contribution in [0.1, 0.15) is 24.4 Å². The topological polar surface area (TPSA) is 67.4 Å². The van der Waals surface area contributed by atoms with Gasteiger partial charge in [-0.1, -0.05) is 12.1 Å². The number of hydrogen-bond donors (Lipinski definition) is 2. The van der Waals surface area contributed by atoms with Gasteiger partial charge in [0.2, 0.25) is 0 Å². The summed E-state index contributed by atoms with van der Waals surface area (Å²) in [5.74, 6) is -0.674. The van der Waals surface area contributed by atoms with Gasteiger partial charge in [-0.15, -0.1) is 0 Å². The van der Waals surface area contributed by atoms with Crippen LogP contribution < -0.4 is 11.2 Å². The summed E-state index contributed by atoms with van der Waals surface area (Å²) in [6.07, 6.45) is 5.51. The molecule has 0 bridgehead atoms. The molecule has 1 heterocycles. The quantitative estimate of drug-likeness (QED) is 0.763. The van der Waals surface area contributed by atoms with Crippen LogP contribution in [-0.2, 0) is 6.54 Å². The van der Waals surface area contributed by atoms with Gasteiger partial charge in [-0.05, 0) is 24.5 Å². The van der Waals surface area contributed by atoms with Crippen LogP contribution in [0.25, 0.3) is 0 Å². The van der Waals surface area contributed by atoms with Crippen LogP contribution in [0.2, 0.25) is 0 Å². The van der Waals surface area contributed by atoms with Gasteiger partial charge in [0, 0.05) is 23.9 Å². The average Bonchev–Trinajstić information content (AvgIpc) is 3.18. The summed E-state index contributed by atoms with van der Waals surface area (Å²) in [4.78, 5) is 12.1. The van der Waals surface area contributed by atoms with Crippen LogP contribution >= 0.6 is 0 Å². The normalized spacial score (nSPS) is 14.6. The predicted molar refractivity (Wildman–Crippen MR) is 72.3 cm³/mol. The summed E-state index contributed by atoms with van der Waals surface area (Å²) in [5.41, 5.74) is 0.366. The van der Waals surface area contributed by atoms with Crippen molar-refractivity contribution in [2.24, 2.45) is 0 Å². The van der Waals surface area contributed by atoms with Gasteiger partial charge < -0.3 is 10.0 Å². The van der Waals surface area contributed by atoms with Crippen molar-refractivity contribution in [3.8, 4) is 0 Å². The number of rotatable bonds is 4. The zero-order chi connectivity index (χ0) is 14.3. The van der Waals surface area contributed by atoms with Crippen LogP contribution in [0.3, 0.4) is 0 Å². The van der Waals surface area contributed by atoms with E-state index in [1.807, 2.05) is 0 Å². The molecule has 0 atom stereocenters. The Hall–Kier alpha value is -1.86. The third-order valence-corrected chi connectivity index (χ3v) is 3.51. The molecule has 1 aliphatic carbocycles. The van der Waals surface area contributed by atoms with Gasteiger partial charge >= 0.3 is 12.8 Å². The maximum atomic E-state index is 13.4. The Morgan fingerprint density at radius 1 is 1.30 bits per heavy atom. The summed E-state index contributed by atoms with van der Waals surface area (Å²) < 4.78 is 16.6. The van der Waals surface area contributed by atoms with Crippen molar-refractivity contribution < 1.29 is 14.4 Å². The van der Waals surface area contributed by atoms with Crippen LogP contribution in [0.4, 0.5) is 4.39 Å². The molecule has 1 fully saturated rings. The number of nitrogens with zero attached hydrogens (tertiary/aromatic N) is 2. The molecule has 2 N–H and O–H groups in total. The Morgan fingerprint density at radius 3 is 2.70 bits per heavy atom. The summed E-state index contributed by atoms with van der Waals surface area (Å²) in [6.45, 7) is 0.276. The van der Waals surface area contributed by atoms with Crippen molar-refractivity contribution in [1.29, 1.82) is 0 Å². The van der Waals surface area contributed by atoms with Gasteiger partial charge in [-0.3, -0.25) is 9.13 Å². The Bertz CT molecular complexity index is 691. The van der Waals surface area contributed by atoms with E-state index in [0.717, 1.165) is 12.8 Å². The van der Waals surface area contributed by atoms with Gasteiger partial charge in [0.15, 0.2) is 0 Å². The Kier molecular flexibility index (Phi) is 3.23. The van der Waals surface area contributed by atoms with Crippen LogP contribution in [-0.4, -0.2) is 26.3 Å². The van der Waals surface area contributed by atoms with Gasteiger partial charge in [-0.2, -0.15) is 0 Å². The minimum atomic E-state index is -1.86. The van der Waals surface area contributed by atoms with Gasteiger partial charge in [0.1, 0.15) is 5.82 Å². The molecule has 5 nitrogen and oxygen atoms in total. The first-order valence-corrected chi connectivity index (χ1v) is 6.48. The largest absolute Gasteiger partial charge is 0.491 e. The smallest absolute Gasteiger partial charge is 0.423 e. The molecule has 0 unspecified atom stereocenters. The molecule has 7 heteroatoms. The first kappa shape index (κ1) is 13.1. The van der Waals surface area contributed by atoms with Crippen LogP contribution in [0, 0.1) is 5.82 Å². The second-order valence-electron chi connectivity index (χ2n) is 5.08. The third-order valence-electron chi connectivity index (χ3n) is 3.51. The van der Waals surface area contributed by atoms with E-state index < -0.39 is 12.9 Å². The lowest BCUT2D eigenvalue weighted by atomic mass is 9.79. The van der Waals surface area contributed by atoms with Gasteiger partial charge in [0.05, 0.1) is 6.54 Å². The first-order chi connectivity index (χ1) is 9.56. The number of aromatic nitrogens is 2. The van der Waals surface area contributed by atoms with Crippen molar-refractivity contribution in [1.82, 2.24) is 9.13 Å². The first-order valence-electron chi connectivity index (χ1n) is 6.48. The Morgan fingerprint density at radius 2 is 2.05 bits per heavy atom. The van der Waals surface area contributed by atoms with Crippen LogP contribution in [0.15, 0.2) is 35.4 Å². The second-order valence-corrected chi connectivity index (χ2v) is 5.08. The molecule has 1 saturated carbocycles. The molecule has 104 valence electrons. The van der Waals surface area contributed by atoms with Crippen LogP contribution in [0.5, 0.6) is 0 Å². The molecule has 0 radical (unpaired) electrons. The molecule has 1 aromatic heterocycles. The summed E-state index contributed by atoms with van der Waals surface area (Å²) in [7, 11) is -1.86. The van der Waals surface area contributed by atoms with Crippen molar-refractivity contribution in [3.05, 3.63) is 52.5 Å². The minimum absolute atomic E-state index is 0.0945. The lowest BCUT2D eigenvalue weighted by Gasteiger charge is -2.06. The highest BCUT2D eigenvalue weighted by molar-refractivity contribution is 6.58. The third kappa shape index (κ3) is 2.42. The monoisotopic (exact) mass is 276 g/mol. The highest BCUT2D eigenvalue weighted by atomic mass is 19.1. The summed E-state index contributed by atoms with van der Waals surface area (Å²) in [6, 6.07) is 4.38. The molecule has 0 aliphatic heterocycles. The van der Waals surface area contributed by atoms with E-state index in [1.54, 1.807) is 17.0 Å². The van der Waals surface area contributed by atoms with Gasteiger partial charge in [0.25, 0.3) is 0 Å². The van der Waals surface area contributed by atoms with Crippen molar-refractivity contribution in [2.45, 2.75) is 25.4 Å². The molecule has 2 aromatic rings. The highest BCUT2D eigenvalue weighted by Crippen LogP contribution is 2.33. The zero-order valence-corrected chi connectivity index (χ0v) is 10.7. The molecule has 3 rings (SSSR count). The number of imidazole rings is 1. The Balaban J connectivity index is 1.87. The predicted octanol–water partition coefficient (Wildman–Crippen LogP) is -0.148. The van der Waals surface area contributed by atoms with Gasteiger partial charge in [-0.25, -0.2) is 9.18 Å². The fourth-order valence-electron chi connectivity index (χ4n) is 2.27. The SMILES string of the molecule is O=c1n(Cc2ccc(F)c(B(O)O)c2)ccn1C1CC1. The maximum Gasteiger partial charge on any atom is 0.491 e. The lowest BCUT2D eigenvalue weighted by Crippen LogP contribution is -2.33. The molecular formula is C13H14BFN2O3. The lowest BCUT2D eigenvalue weighted by molar-refractivity contribution is 0.423. The van der Waals surface area contributed by atoms with E-state index in [-0.39, 0.29) is 17.7 Å². The maximum absolute atomic E-state index is 13.4. The van der Waals surface area contributed by atoms with E-state index >= 15 is 0 Å². The molecule has 1 aromatic carbocycles. The number of halogens is 1. The Labute approximate surface area is 115 Å². The zero-order valence-electron chi connectivity index (χ0n) is 10.7. The fraction of sp³-hybridized carbons (Fsp3) is 0.308. The molecule has 20 heavy (non-hydrogen) atoms. The summed E-state index contributed by atoms with van der Waals surface area (Å²) >= 11 is 0. The van der Waals surface area contributed by atoms with E-state index in [9.17, 15) is 9.18 Å². The number of benzene rings is 1. The molecule has 0 amide bonds. The molecule has 0 spiro atoms. The van der Waals surface area contributed by atoms with Crippen molar-refractivity contribution in [2.75, 3.05) is 0 Å².